The Morgan fingerprint density at radius 2 is 1.69 bits per heavy atom. The van der Waals surface area contributed by atoms with Crippen molar-refractivity contribution in [2.45, 2.75) is 0 Å². The molecule has 0 spiro atoms. The average molecular weight is 463 g/mol. The Morgan fingerprint density at radius 3 is 2.28 bits per heavy atom. The van der Waals surface area contributed by atoms with Crippen molar-refractivity contribution >= 4 is 37.9 Å². The number of nitro benzene ring substituents is 1. The molecule has 3 rings (SSSR count). The first kappa shape index (κ1) is 25.3. The predicted octanol–water partition coefficient (Wildman–Crippen LogP) is 0.377. The number of amidine groups is 1. The van der Waals surface area contributed by atoms with E-state index in [-0.39, 0.29) is 63.1 Å². The van der Waals surface area contributed by atoms with Crippen LogP contribution in [0.15, 0.2) is 93.3 Å². The number of allylic oxidation sites excluding steroid dienone is 4. The summed E-state index contributed by atoms with van der Waals surface area (Å²) in [7, 11) is -4.33. The average Bonchev–Trinajstić information content (AvgIpc) is 2.75. The summed E-state index contributed by atoms with van der Waals surface area (Å²) >= 11 is 0. The fourth-order valence-corrected chi connectivity index (χ4v) is 2.80. The number of non-ortho nitro benzene ring substituents is 1. The fraction of sp³-hybridized carbons (Fsp3) is 0. The summed E-state index contributed by atoms with van der Waals surface area (Å²) < 4.78 is 31.3. The molecule has 1 aliphatic rings. The van der Waals surface area contributed by atoms with Crippen LogP contribution in [0.1, 0.15) is 5.56 Å². The van der Waals surface area contributed by atoms with Crippen LogP contribution in [0.25, 0.3) is 0 Å². The zero-order valence-corrected chi connectivity index (χ0v) is 19.4. The van der Waals surface area contributed by atoms with Crippen molar-refractivity contribution < 1.29 is 52.9 Å². The third-order valence-corrected chi connectivity index (χ3v) is 4.72. The van der Waals surface area contributed by atoms with Gasteiger partial charge in [-0.3, -0.25) is 14.3 Å². The zero-order chi connectivity index (χ0) is 22.4. The summed E-state index contributed by atoms with van der Waals surface area (Å²) in [6, 6.07) is 11.9. The molecule has 2 aromatic rings. The summed E-state index contributed by atoms with van der Waals surface area (Å²) in [5, 5.41) is 36.6. The number of nitrogens with zero attached hydrogens (tertiary/aromatic N) is 5. The van der Waals surface area contributed by atoms with E-state index in [9.17, 15) is 24.0 Å². The molecule has 2 N–H and O–H groups in total. The van der Waals surface area contributed by atoms with E-state index in [1.807, 2.05) is 0 Å². The second-order valence-electron chi connectivity index (χ2n) is 5.99. The largest absolute Gasteiger partial charge is 1.00 e. The normalized spacial score (nSPS) is 15.4. The van der Waals surface area contributed by atoms with Crippen molar-refractivity contribution in [3.05, 3.63) is 88.5 Å². The van der Waals surface area contributed by atoms with Crippen LogP contribution in [-0.4, -0.2) is 39.8 Å². The first-order valence-corrected chi connectivity index (χ1v) is 9.99. The summed E-state index contributed by atoms with van der Waals surface area (Å²) in [6.45, 7) is 0. The second-order valence-corrected chi connectivity index (χ2v) is 7.41. The van der Waals surface area contributed by atoms with Crippen molar-refractivity contribution in [1.82, 2.24) is 0 Å². The van der Waals surface area contributed by atoms with Gasteiger partial charge in [-0.1, -0.05) is 30.3 Å². The van der Waals surface area contributed by atoms with Crippen LogP contribution < -0.4 is 29.6 Å². The van der Waals surface area contributed by atoms with Crippen molar-refractivity contribution in [2.75, 3.05) is 0 Å². The van der Waals surface area contributed by atoms with Crippen LogP contribution >= 0.6 is 0 Å². The predicted molar refractivity (Wildman–Crippen MR) is 115 cm³/mol. The number of rotatable bonds is 4. The molecule has 0 radical (unpaired) electrons. The van der Waals surface area contributed by atoms with E-state index in [2.05, 4.69) is 20.4 Å². The SMILES string of the molecule is O=[N+]([O-])c1ccc(O)c(N=NC(=NN=C2C=CC(=S(=O)([O-])O)C=C2)c2ccccc2)c1.[Na+]. The first-order valence-electron chi connectivity index (χ1n) is 8.55. The van der Waals surface area contributed by atoms with Gasteiger partial charge in [0, 0.05) is 32.6 Å². The summed E-state index contributed by atoms with van der Waals surface area (Å²) in [5.74, 6) is -0.273. The molecule has 0 aromatic heterocycles. The minimum Gasteiger partial charge on any atom is -0.757 e. The van der Waals surface area contributed by atoms with Gasteiger partial charge in [-0.15, -0.1) is 20.4 Å². The van der Waals surface area contributed by atoms with Crippen molar-refractivity contribution in [3.8, 4) is 5.75 Å². The number of hydrogen-bond donors (Lipinski definition) is 2. The topological polar surface area (TPSA) is 173 Å². The van der Waals surface area contributed by atoms with E-state index >= 15 is 0 Å². The smallest absolute Gasteiger partial charge is 0.757 e. The van der Waals surface area contributed by atoms with Gasteiger partial charge < -0.3 is 14.2 Å². The molecule has 32 heavy (non-hydrogen) atoms. The van der Waals surface area contributed by atoms with Crippen LogP contribution in [0, 0.1) is 10.1 Å². The number of nitro groups is 1. The molecular formula is C19H14N5NaO6S. The third-order valence-electron chi connectivity index (χ3n) is 3.85. The summed E-state index contributed by atoms with van der Waals surface area (Å²) in [4.78, 5) is 10.0. The molecule has 1 unspecified atom stereocenters. The van der Waals surface area contributed by atoms with Crippen LogP contribution in [-0.2, 0) is 10.1 Å². The Labute approximate surface area is 204 Å². The number of hydrogen-bond acceptors (Lipinski definition) is 8. The molecule has 2 aromatic carbocycles. The van der Waals surface area contributed by atoms with Crippen molar-refractivity contribution in [2.24, 2.45) is 20.4 Å². The summed E-state index contributed by atoms with van der Waals surface area (Å²) in [5.41, 5.74) is 0.396. The van der Waals surface area contributed by atoms with Gasteiger partial charge in [0.1, 0.15) is 11.4 Å². The minimum atomic E-state index is -4.33. The maximum absolute atomic E-state index is 11.1. The molecule has 0 fully saturated rings. The Kier molecular flexibility index (Phi) is 8.72. The fourth-order valence-electron chi connectivity index (χ4n) is 2.32. The number of aromatic hydroxyl groups is 1. The quantitative estimate of drug-likeness (QED) is 0.126. The Balaban J connectivity index is 0.00000363. The van der Waals surface area contributed by atoms with E-state index in [1.165, 1.54) is 12.2 Å². The van der Waals surface area contributed by atoms with E-state index in [0.717, 1.165) is 30.4 Å². The maximum Gasteiger partial charge on any atom is 1.00 e. The van der Waals surface area contributed by atoms with Gasteiger partial charge in [-0.25, -0.2) is 0 Å². The molecule has 0 heterocycles. The van der Waals surface area contributed by atoms with Crippen LogP contribution in [0.3, 0.4) is 0 Å². The molecule has 1 atom stereocenters. The Hall–Kier alpha value is -3.00. The van der Waals surface area contributed by atoms with Gasteiger partial charge in [0.05, 0.1) is 10.6 Å². The monoisotopic (exact) mass is 463 g/mol. The van der Waals surface area contributed by atoms with E-state index < -0.39 is 15.0 Å². The zero-order valence-electron chi connectivity index (χ0n) is 16.6. The molecule has 0 saturated heterocycles. The molecule has 0 amide bonds. The van der Waals surface area contributed by atoms with E-state index in [1.54, 1.807) is 30.3 Å². The van der Waals surface area contributed by atoms with Crippen LogP contribution in [0.5, 0.6) is 5.75 Å². The molecule has 11 nitrogen and oxygen atoms in total. The molecule has 158 valence electrons. The van der Waals surface area contributed by atoms with Crippen LogP contribution in [0.2, 0.25) is 0 Å². The molecule has 0 aliphatic heterocycles. The van der Waals surface area contributed by atoms with Crippen molar-refractivity contribution in [3.63, 3.8) is 0 Å². The number of phenols is 1. The third kappa shape index (κ3) is 6.75. The van der Waals surface area contributed by atoms with Gasteiger partial charge in [0.2, 0.25) is 5.84 Å². The Bertz CT molecular complexity index is 1270. The molecule has 0 bridgehead atoms. The molecular weight excluding hydrogens is 449 g/mol. The van der Waals surface area contributed by atoms with E-state index in [0.29, 0.717) is 5.56 Å². The van der Waals surface area contributed by atoms with Gasteiger partial charge >= 0.3 is 29.6 Å². The van der Waals surface area contributed by atoms with Gasteiger partial charge in [0.25, 0.3) is 5.69 Å². The van der Waals surface area contributed by atoms with Gasteiger partial charge in [0.15, 0.2) is 0 Å². The first-order chi connectivity index (χ1) is 14.7. The molecule has 13 heteroatoms. The van der Waals surface area contributed by atoms with Crippen LogP contribution in [0.4, 0.5) is 11.4 Å². The number of phenolic OH excluding ortho intramolecular Hbond substituents is 1. The van der Waals surface area contributed by atoms with Crippen molar-refractivity contribution in [1.29, 1.82) is 0 Å². The van der Waals surface area contributed by atoms with Gasteiger partial charge in [-0.2, -0.15) is 0 Å². The van der Waals surface area contributed by atoms with E-state index in [4.69, 9.17) is 4.55 Å². The summed E-state index contributed by atoms with van der Waals surface area (Å²) in [6.07, 6.45) is 4.99. The molecule has 1 aliphatic carbocycles. The second kappa shape index (κ2) is 11.0. The maximum atomic E-state index is 11.1. The molecule has 0 saturated carbocycles. The number of benzene rings is 2. The number of azo groups is 1. The van der Waals surface area contributed by atoms with Gasteiger partial charge in [-0.05, 0) is 30.4 Å². The Morgan fingerprint density at radius 1 is 1.03 bits per heavy atom. The minimum absolute atomic E-state index is 0. The standard InChI is InChI=1S/C19H15N5O6S.Na/c25-18-11-8-15(24(26)27)12-17(18)21-23-19(13-4-2-1-3-5-13)22-20-14-6-9-16(10-7-14)31(28,29)30;/h1-12,25H,(H2,28,29,30);/q;+1/p-1.